The van der Waals surface area contributed by atoms with Crippen molar-refractivity contribution in [2.75, 3.05) is 20.2 Å². The molecule has 1 saturated heterocycles. The summed E-state index contributed by atoms with van der Waals surface area (Å²) in [7, 11) is 2.22. The smallest absolute Gasteiger partial charge is 0.328 e. The number of phenols is 4. The molecule has 6 N–H and O–H groups in total. The van der Waals surface area contributed by atoms with Gasteiger partial charge < -0.3 is 40.3 Å². The molecule has 1 heterocycles. The van der Waals surface area contributed by atoms with Crippen LogP contribution >= 0.6 is 11.6 Å². The lowest BCUT2D eigenvalue weighted by atomic mass is 9.80. The van der Waals surface area contributed by atoms with Crippen molar-refractivity contribution in [3.63, 3.8) is 0 Å². The third-order valence-corrected chi connectivity index (χ3v) is 9.70. The minimum Gasteiger partial charge on any atom is -0.507 e. The highest BCUT2D eigenvalue weighted by Gasteiger charge is 2.39. The van der Waals surface area contributed by atoms with Gasteiger partial charge in [-0.25, -0.2) is 9.59 Å². The van der Waals surface area contributed by atoms with Crippen LogP contribution in [0, 0.1) is 13.8 Å². The zero-order valence-electron chi connectivity index (χ0n) is 30.2. The van der Waals surface area contributed by atoms with Crippen LogP contribution in [0.15, 0.2) is 78.9 Å². The van der Waals surface area contributed by atoms with Gasteiger partial charge in [-0.3, -0.25) is 9.59 Å². The summed E-state index contributed by atoms with van der Waals surface area (Å²) >= 11 is 6.07. The van der Waals surface area contributed by atoms with E-state index >= 15 is 0 Å². The van der Waals surface area contributed by atoms with E-state index in [0.717, 1.165) is 35.7 Å². The van der Waals surface area contributed by atoms with Crippen LogP contribution in [0.4, 0.5) is 0 Å². The number of carboxylic acid groups (broad SMARTS) is 2. The number of carbonyl (C=O) groups is 4. The molecule has 4 aromatic carbocycles. The number of aliphatic carboxylic acids is 2. The zero-order valence-corrected chi connectivity index (χ0v) is 30.9. The summed E-state index contributed by atoms with van der Waals surface area (Å²) in [5.41, 5.74) is 0.811. The highest BCUT2D eigenvalue weighted by Crippen LogP contribution is 2.45. The Kier molecular flexibility index (Phi) is 13.3. The Bertz CT molecular complexity index is 1990. The number of hydrogen-bond donors (Lipinski definition) is 6. The van der Waals surface area contributed by atoms with Crippen molar-refractivity contribution in [2.45, 2.75) is 51.7 Å². The first kappa shape index (κ1) is 41.1. The van der Waals surface area contributed by atoms with Crippen LogP contribution in [0.1, 0.15) is 80.3 Å². The van der Waals surface area contributed by atoms with Gasteiger partial charge in [0, 0.05) is 29.8 Å². The van der Waals surface area contributed by atoms with E-state index in [4.69, 9.17) is 26.6 Å². The van der Waals surface area contributed by atoms with Crippen molar-refractivity contribution < 1.29 is 54.6 Å². The highest BCUT2D eigenvalue weighted by atomic mass is 35.5. The lowest BCUT2D eigenvalue weighted by Gasteiger charge is -2.32. The predicted octanol–water partition coefficient (Wildman–Crippen LogP) is 6.72. The summed E-state index contributed by atoms with van der Waals surface area (Å²) in [6.07, 6.45) is 4.77. The van der Waals surface area contributed by atoms with Crippen molar-refractivity contribution in [2.24, 2.45) is 0 Å². The summed E-state index contributed by atoms with van der Waals surface area (Å²) < 4.78 is 6.48. The van der Waals surface area contributed by atoms with Gasteiger partial charge in [0.25, 0.3) is 0 Å². The van der Waals surface area contributed by atoms with E-state index < -0.39 is 52.1 Å². The number of rotatable bonds is 8. The Morgan fingerprint density at radius 2 is 1.26 bits per heavy atom. The maximum Gasteiger partial charge on any atom is 0.328 e. The Morgan fingerprint density at radius 1 is 0.796 bits per heavy atom. The van der Waals surface area contributed by atoms with Gasteiger partial charge in [0.05, 0.1) is 22.3 Å². The molecule has 2 aliphatic rings. The molecule has 0 aromatic heterocycles. The molecule has 0 bridgehead atoms. The maximum atomic E-state index is 12.6. The fraction of sp³-hybridized carbons (Fsp3) is 0.268. The fourth-order valence-corrected chi connectivity index (χ4v) is 6.60. The number of halogens is 1. The molecule has 1 fully saturated rings. The van der Waals surface area contributed by atoms with Crippen LogP contribution in [-0.2, 0) is 19.9 Å². The Morgan fingerprint density at radius 3 is 1.69 bits per heavy atom. The number of nitrogens with zero attached hydrogens (tertiary/aromatic N) is 1. The van der Waals surface area contributed by atoms with E-state index in [-0.39, 0.29) is 33.4 Å². The molecular weight excluding hydrogens is 718 g/mol. The molecule has 6 rings (SSSR count). The number of ketones is 2. The van der Waals surface area contributed by atoms with Gasteiger partial charge in [-0.2, -0.15) is 0 Å². The minimum atomic E-state index is -1.26. The van der Waals surface area contributed by atoms with Crippen LogP contribution in [0.25, 0.3) is 0 Å². The van der Waals surface area contributed by atoms with Crippen molar-refractivity contribution in [1.82, 2.24) is 4.90 Å². The molecule has 1 aliphatic carbocycles. The quantitative estimate of drug-likeness (QED) is 0.0722. The van der Waals surface area contributed by atoms with Crippen molar-refractivity contribution >= 4 is 35.1 Å². The summed E-state index contributed by atoms with van der Waals surface area (Å²) in [4.78, 5) is 46.7. The van der Waals surface area contributed by atoms with E-state index in [0.29, 0.717) is 18.2 Å². The monoisotopic (exact) mass is 759 g/mol. The average molecular weight is 760 g/mol. The van der Waals surface area contributed by atoms with Gasteiger partial charge >= 0.3 is 11.9 Å². The number of fused-ring (bicyclic) bond motifs is 2. The first-order chi connectivity index (χ1) is 25.5. The van der Waals surface area contributed by atoms with Crippen molar-refractivity contribution in [3.05, 3.63) is 128 Å². The molecule has 0 saturated carbocycles. The van der Waals surface area contributed by atoms with Crippen LogP contribution in [-0.4, -0.2) is 85.3 Å². The second kappa shape index (κ2) is 17.4. The number of phenolic OH excluding ortho intramolecular Hbond substituents is 4. The van der Waals surface area contributed by atoms with Gasteiger partial charge in [0.2, 0.25) is 11.6 Å². The minimum absolute atomic E-state index is 0.219. The van der Waals surface area contributed by atoms with Crippen LogP contribution in [0.5, 0.6) is 23.0 Å². The van der Waals surface area contributed by atoms with Gasteiger partial charge in [-0.1, -0.05) is 54.1 Å². The molecule has 4 aromatic rings. The first-order valence-corrected chi connectivity index (χ1v) is 17.4. The topological polar surface area (TPSA) is 202 Å². The summed E-state index contributed by atoms with van der Waals surface area (Å²) in [5.74, 6) is -5.96. The summed E-state index contributed by atoms with van der Waals surface area (Å²) in [6.45, 7) is 7.05. The Hall–Kier alpha value is -5.69. The van der Waals surface area contributed by atoms with E-state index in [9.17, 15) is 39.6 Å². The Labute approximate surface area is 317 Å². The molecule has 284 valence electrons. The molecular formula is C41H42ClNO11. The first-order valence-electron chi connectivity index (χ1n) is 17.0. The molecule has 13 heteroatoms. The number of hydrogen-bond acceptors (Lipinski definition) is 10. The van der Waals surface area contributed by atoms with Crippen LogP contribution < -0.4 is 0 Å². The molecule has 0 radical (unpaired) electrons. The number of carboxylic acids is 2. The highest BCUT2D eigenvalue weighted by molar-refractivity contribution is 6.32. The van der Waals surface area contributed by atoms with Crippen LogP contribution in [0.2, 0.25) is 5.02 Å². The van der Waals surface area contributed by atoms with E-state index in [2.05, 4.69) is 55.3 Å². The standard InChI is InChI=1S/C21H26ClNO.C16H12O6.C4H4O4/c1-21(17-7-4-3-5-8-17,18-10-12-19(22)13-11-18)24-16-14-20-9-6-15-23(20)2;1-5-3-7(17)9-11(13(5)19)15(21)10-8(18)4-6(2)14(20)12(10)16(9)22;5-3(6)1-2-4(7)8/h3-5,7-8,10-13,20H,6,9,14-16H2,1-2H3;3-4,17-20H,1-2H3;1-2H,(H,5,6)(H,7,8). The number of benzene rings is 4. The van der Waals surface area contributed by atoms with Crippen molar-refractivity contribution in [1.29, 1.82) is 0 Å². The number of ether oxygens (including phenoxy) is 1. The summed E-state index contributed by atoms with van der Waals surface area (Å²) in [6, 6.07) is 21.4. The second-order valence-corrected chi connectivity index (χ2v) is 13.5. The number of aromatic hydroxyl groups is 4. The Balaban J connectivity index is 0.000000202. The normalized spacial score (nSPS) is 16.0. The molecule has 54 heavy (non-hydrogen) atoms. The lowest BCUT2D eigenvalue weighted by Crippen LogP contribution is -2.31. The second-order valence-electron chi connectivity index (χ2n) is 13.1. The largest absolute Gasteiger partial charge is 0.507 e. The number of carbonyl (C=O) groups excluding carboxylic acids is 2. The van der Waals surface area contributed by atoms with Gasteiger partial charge in [-0.15, -0.1) is 0 Å². The third kappa shape index (κ3) is 9.08. The SMILES string of the molecule is CN1CCCC1CCOC(C)(c1ccccc1)c1ccc(Cl)cc1.Cc1cc(O)c2c(c1O)C(=O)c1c(O)cc(C)c(O)c1C2=O.O=C(O)C=CC(=O)O. The van der Waals surface area contributed by atoms with E-state index in [1.165, 1.54) is 38.8 Å². The van der Waals surface area contributed by atoms with Crippen LogP contribution in [0.3, 0.4) is 0 Å². The lowest BCUT2D eigenvalue weighted by molar-refractivity contribution is -0.134. The van der Waals surface area contributed by atoms with Gasteiger partial charge in [0.1, 0.15) is 28.6 Å². The average Bonchev–Trinajstić information content (AvgIpc) is 3.54. The van der Waals surface area contributed by atoms with Gasteiger partial charge in [0.15, 0.2) is 0 Å². The molecule has 2 atom stereocenters. The zero-order chi connectivity index (χ0) is 39.9. The fourth-order valence-electron chi connectivity index (χ4n) is 6.47. The summed E-state index contributed by atoms with van der Waals surface area (Å²) in [5, 5.41) is 56.5. The molecule has 1 aliphatic heterocycles. The van der Waals surface area contributed by atoms with Gasteiger partial charge in [-0.05, 0) is 100 Å². The van der Waals surface area contributed by atoms with E-state index in [1.807, 2.05) is 18.2 Å². The number of aryl methyl sites for hydroxylation is 2. The molecule has 2 unspecified atom stereocenters. The van der Waals surface area contributed by atoms with E-state index in [1.54, 1.807) is 0 Å². The molecule has 0 amide bonds. The third-order valence-electron chi connectivity index (χ3n) is 9.45. The number of likely N-dealkylation sites (tertiary alicyclic amines) is 1. The predicted molar refractivity (Wildman–Crippen MR) is 201 cm³/mol. The maximum absolute atomic E-state index is 12.6. The van der Waals surface area contributed by atoms with Crippen molar-refractivity contribution in [3.8, 4) is 23.0 Å². The molecule has 0 spiro atoms. The molecule has 12 nitrogen and oxygen atoms in total.